The predicted molar refractivity (Wildman–Crippen MR) is 235 cm³/mol. The zero-order valence-electron chi connectivity index (χ0n) is 36.1. The predicted octanol–water partition coefficient (Wildman–Crippen LogP) is 9.61. The van der Waals surface area contributed by atoms with Crippen LogP contribution in [0.4, 0.5) is 0 Å². The Hall–Kier alpha value is -2.11. The second-order valence-corrected chi connectivity index (χ2v) is 15.8. The number of rotatable bonds is 37. The van der Waals surface area contributed by atoms with Crippen LogP contribution < -0.4 is 5.32 Å². The normalized spacial score (nSPS) is 21.6. The van der Waals surface area contributed by atoms with Crippen molar-refractivity contribution in [3.8, 4) is 0 Å². The van der Waals surface area contributed by atoms with Gasteiger partial charge in [0.05, 0.1) is 25.4 Å². The van der Waals surface area contributed by atoms with E-state index in [0.29, 0.717) is 12.8 Å². The first-order valence-electron chi connectivity index (χ1n) is 23.0. The van der Waals surface area contributed by atoms with E-state index >= 15 is 0 Å². The number of aliphatic hydroxyl groups excluding tert-OH is 5. The second kappa shape index (κ2) is 38.1. The van der Waals surface area contributed by atoms with E-state index in [1.807, 2.05) is 6.08 Å². The van der Waals surface area contributed by atoms with E-state index in [9.17, 15) is 30.3 Å². The van der Waals surface area contributed by atoms with Crippen LogP contribution in [0.25, 0.3) is 0 Å². The average molecular weight is 804 g/mol. The van der Waals surface area contributed by atoms with E-state index in [1.54, 1.807) is 6.08 Å². The van der Waals surface area contributed by atoms with Crippen molar-refractivity contribution in [3.05, 3.63) is 60.8 Å². The minimum absolute atomic E-state index is 0.215. The minimum atomic E-state index is -1.58. The molecule has 9 nitrogen and oxygen atoms in total. The number of hydrogen-bond donors (Lipinski definition) is 6. The lowest BCUT2D eigenvalue weighted by molar-refractivity contribution is -0.302. The summed E-state index contributed by atoms with van der Waals surface area (Å²) >= 11 is 0. The third-order valence-electron chi connectivity index (χ3n) is 10.6. The Morgan fingerprint density at radius 1 is 0.614 bits per heavy atom. The van der Waals surface area contributed by atoms with Crippen LogP contribution in [-0.2, 0) is 14.3 Å². The Kier molecular flexibility index (Phi) is 35.4. The summed E-state index contributed by atoms with van der Waals surface area (Å²) in [6, 6.07) is -0.838. The van der Waals surface area contributed by atoms with Gasteiger partial charge < -0.3 is 40.3 Å². The van der Waals surface area contributed by atoms with Crippen molar-refractivity contribution in [2.45, 2.75) is 224 Å². The van der Waals surface area contributed by atoms with Gasteiger partial charge in [-0.1, -0.05) is 171 Å². The fourth-order valence-corrected chi connectivity index (χ4v) is 6.89. The van der Waals surface area contributed by atoms with Crippen LogP contribution in [0.15, 0.2) is 60.8 Å². The molecule has 6 N–H and O–H groups in total. The molecule has 0 bridgehead atoms. The molecule has 1 rings (SSSR count). The molecule has 1 fully saturated rings. The van der Waals surface area contributed by atoms with Crippen molar-refractivity contribution in [2.75, 3.05) is 13.2 Å². The van der Waals surface area contributed by atoms with Crippen molar-refractivity contribution in [1.29, 1.82) is 0 Å². The Morgan fingerprint density at radius 2 is 1.11 bits per heavy atom. The third kappa shape index (κ3) is 28.9. The number of carbonyl (C=O) groups excluding carboxylic acids is 1. The summed E-state index contributed by atoms with van der Waals surface area (Å²) in [5, 5.41) is 54.1. The smallest absolute Gasteiger partial charge is 0.220 e. The van der Waals surface area contributed by atoms with Crippen LogP contribution in [0.5, 0.6) is 0 Å². The monoisotopic (exact) mass is 804 g/mol. The van der Waals surface area contributed by atoms with E-state index < -0.39 is 49.5 Å². The molecule has 0 radical (unpaired) electrons. The quantitative estimate of drug-likeness (QED) is 0.0269. The summed E-state index contributed by atoms with van der Waals surface area (Å²) in [4.78, 5) is 12.9. The van der Waals surface area contributed by atoms with Gasteiger partial charge in [-0.05, 0) is 64.2 Å². The molecule has 0 spiro atoms. The van der Waals surface area contributed by atoms with Gasteiger partial charge in [0.15, 0.2) is 6.29 Å². The van der Waals surface area contributed by atoms with Crippen molar-refractivity contribution in [3.63, 3.8) is 0 Å². The standard InChI is InChI=1S/C48H85NO8/c1-3-5-7-9-11-13-15-17-18-19-20-21-22-23-24-26-27-29-31-33-35-37-42(51)41(40-56-48-47(55)46(54)45(53)43(39-50)57-48)49-44(52)38-36-34-32-30-28-25-16-14-12-10-8-6-4-2/h6,8,12,14,25,27-29,35,37,41-43,45-48,50-51,53-55H,3-5,7,9-11,13,15-24,26,30-34,36,38-40H2,1-2H3,(H,49,52)/b8-6-,14-12-,28-25-,29-27+,37-35+. The van der Waals surface area contributed by atoms with Crippen molar-refractivity contribution < 1.29 is 39.8 Å². The van der Waals surface area contributed by atoms with Crippen molar-refractivity contribution >= 4 is 5.91 Å². The van der Waals surface area contributed by atoms with Gasteiger partial charge in [0.2, 0.25) is 5.91 Å². The van der Waals surface area contributed by atoms with Gasteiger partial charge in [0, 0.05) is 6.42 Å². The topological polar surface area (TPSA) is 149 Å². The van der Waals surface area contributed by atoms with Crippen LogP contribution in [0, 0.1) is 0 Å². The summed E-state index contributed by atoms with van der Waals surface area (Å²) in [5.41, 5.74) is 0. The fraction of sp³-hybridized carbons (Fsp3) is 0.771. The summed E-state index contributed by atoms with van der Waals surface area (Å²) < 4.78 is 11.2. The lowest BCUT2D eigenvalue weighted by Gasteiger charge is -2.40. The van der Waals surface area contributed by atoms with Crippen LogP contribution in [0.2, 0.25) is 0 Å². The summed E-state index contributed by atoms with van der Waals surface area (Å²) in [6.45, 7) is 3.61. The second-order valence-electron chi connectivity index (χ2n) is 15.8. The van der Waals surface area contributed by atoms with E-state index in [4.69, 9.17) is 9.47 Å². The first-order valence-corrected chi connectivity index (χ1v) is 23.0. The number of aliphatic hydroxyl groups is 5. The molecule has 1 heterocycles. The van der Waals surface area contributed by atoms with E-state index in [1.165, 1.54) is 96.3 Å². The molecule has 0 saturated carbocycles. The molecule has 1 saturated heterocycles. The van der Waals surface area contributed by atoms with Gasteiger partial charge in [0.1, 0.15) is 24.4 Å². The summed E-state index contributed by atoms with van der Waals surface area (Å²) in [6.07, 6.45) is 42.8. The molecule has 57 heavy (non-hydrogen) atoms. The largest absolute Gasteiger partial charge is 0.394 e. The van der Waals surface area contributed by atoms with Gasteiger partial charge in [-0.25, -0.2) is 0 Å². The molecular formula is C48H85NO8. The molecule has 0 aromatic rings. The maximum atomic E-state index is 12.9. The summed E-state index contributed by atoms with van der Waals surface area (Å²) in [7, 11) is 0. The molecule has 1 amide bonds. The van der Waals surface area contributed by atoms with Crippen LogP contribution in [0.1, 0.15) is 181 Å². The maximum Gasteiger partial charge on any atom is 0.220 e. The third-order valence-corrected chi connectivity index (χ3v) is 10.6. The zero-order chi connectivity index (χ0) is 41.6. The molecule has 7 atom stereocenters. The average Bonchev–Trinajstić information content (AvgIpc) is 3.21. The summed E-state index contributed by atoms with van der Waals surface area (Å²) in [5.74, 6) is -0.218. The number of nitrogens with one attached hydrogen (secondary N) is 1. The molecule has 1 aliphatic rings. The minimum Gasteiger partial charge on any atom is -0.394 e. The lowest BCUT2D eigenvalue weighted by Crippen LogP contribution is -2.60. The molecule has 1 aliphatic heterocycles. The van der Waals surface area contributed by atoms with Gasteiger partial charge >= 0.3 is 0 Å². The van der Waals surface area contributed by atoms with E-state index in [0.717, 1.165) is 57.8 Å². The number of carbonyl (C=O) groups is 1. The Bertz CT molecular complexity index is 1070. The maximum absolute atomic E-state index is 12.9. The van der Waals surface area contributed by atoms with Gasteiger partial charge in [-0.15, -0.1) is 0 Å². The lowest BCUT2D eigenvalue weighted by atomic mass is 9.99. The van der Waals surface area contributed by atoms with Crippen molar-refractivity contribution in [1.82, 2.24) is 5.32 Å². The number of ether oxygens (including phenoxy) is 2. The number of unbranched alkanes of at least 4 members (excludes halogenated alkanes) is 19. The molecule has 0 aliphatic carbocycles. The Labute approximate surface area is 347 Å². The van der Waals surface area contributed by atoms with Gasteiger partial charge in [-0.2, -0.15) is 0 Å². The highest BCUT2D eigenvalue weighted by molar-refractivity contribution is 5.76. The highest BCUT2D eigenvalue weighted by Gasteiger charge is 2.44. The van der Waals surface area contributed by atoms with Gasteiger partial charge in [-0.3, -0.25) is 4.79 Å². The number of amides is 1. The number of allylic oxidation sites excluding steroid dienone is 9. The number of hydrogen-bond acceptors (Lipinski definition) is 8. The SMILES string of the molecule is CC/C=C\C/C=C\C/C=C\CCCCCC(=O)NC(COC1OC(CO)C(O)C(O)C1O)C(O)/C=C/CC/C=C/CCCCCCCCCCCCCCCCC. The van der Waals surface area contributed by atoms with E-state index in [2.05, 4.69) is 67.8 Å². The molecule has 7 unspecified atom stereocenters. The molecular weight excluding hydrogens is 719 g/mol. The van der Waals surface area contributed by atoms with E-state index in [-0.39, 0.29) is 12.5 Å². The highest BCUT2D eigenvalue weighted by atomic mass is 16.7. The Morgan fingerprint density at radius 3 is 1.68 bits per heavy atom. The molecule has 0 aromatic heterocycles. The first kappa shape index (κ1) is 52.9. The van der Waals surface area contributed by atoms with Gasteiger partial charge in [0.25, 0.3) is 0 Å². The Balaban J connectivity index is 2.38. The van der Waals surface area contributed by atoms with Crippen LogP contribution >= 0.6 is 0 Å². The molecule has 330 valence electrons. The van der Waals surface area contributed by atoms with Crippen LogP contribution in [-0.4, -0.2) is 87.5 Å². The fourth-order valence-electron chi connectivity index (χ4n) is 6.89. The molecule has 9 heteroatoms. The van der Waals surface area contributed by atoms with Crippen molar-refractivity contribution in [2.24, 2.45) is 0 Å². The highest BCUT2D eigenvalue weighted by Crippen LogP contribution is 2.22. The molecule has 0 aromatic carbocycles. The first-order chi connectivity index (χ1) is 27.8. The zero-order valence-corrected chi connectivity index (χ0v) is 36.1. The van der Waals surface area contributed by atoms with Crippen LogP contribution in [0.3, 0.4) is 0 Å².